The van der Waals surface area contributed by atoms with E-state index in [4.69, 9.17) is 12.2 Å². The third-order valence-electron chi connectivity index (χ3n) is 4.06. The first-order valence-electron chi connectivity index (χ1n) is 9.24. The second kappa shape index (κ2) is 18.3. The molecule has 0 aromatic heterocycles. The molecular formula is C18H37NS2. The molecule has 0 fully saturated rings. The van der Waals surface area contributed by atoms with Crippen LogP contribution < -0.4 is 5.32 Å². The summed E-state index contributed by atoms with van der Waals surface area (Å²) in [5.41, 5.74) is 0. The van der Waals surface area contributed by atoms with Gasteiger partial charge in [0.1, 0.15) is 4.32 Å². The average molecular weight is 332 g/mol. The molecule has 0 atom stereocenters. The van der Waals surface area contributed by atoms with E-state index in [1.165, 1.54) is 96.3 Å². The topological polar surface area (TPSA) is 12.0 Å². The van der Waals surface area contributed by atoms with E-state index < -0.39 is 0 Å². The normalized spacial score (nSPS) is 10.8. The van der Waals surface area contributed by atoms with Gasteiger partial charge in [0.15, 0.2) is 0 Å². The van der Waals surface area contributed by atoms with Gasteiger partial charge >= 0.3 is 0 Å². The lowest BCUT2D eigenvalue weighted by molar-refractivity contribution is 0.532. The van der Waals surface area contributed by atoms with Gasteiger partial charge in [-0.2, -0.15) is 0 Å². The molecule has 0 aliphatic carbocycles. The molecule has 0 rings (SSSR count). The molecule has 0 aromatic carbocycles. The molecule has 0 aliphatic heterocycles. The average Bonchev–Trinajstić information content (AvgIpc) is 2.46. The molecule has 0 amide bonds. The van der Waals surface area contributed by atoms with Crippen molar-refractivity contribution in [3.8, 4) is 0 Å². The number of hydrogen-bond donors (Lipinski definition) is 2. The molecule has 0 aromatic rings. The van der Waals surface area contributed by atoms with Crippen LogP contribution in [0.3, 0.4) is 0 Å². The number of thiocarbonyl (C=S) groups is 1. The summed E-state index contributed by atoms with van der Waals surface area (Å²) in [5, 5.41) is 3.09. The number of hydrogen-bond acceptors (Lipinski definition) is 1. The van der Waals surface area contributed by atoms with E-state index in [9.17, 15) is 0 Å². The number of nitrogens with one attached hydrogen (secondary N) is 1. The molecule has 126 valence electrons. The molecule has 0 aliphatic rings. The van der Waals surface area contributed by atoms with Crippen LogP contribution in [0, 0.1) is 0 Å². The minimum absolute atomic E-state index is 0.625. The van der Waals surface area contributed by atoms with Gasteiger partial charge in [-0.15, -0.1) is 12.6 Å². The standard InChI is InChI=1S/C18H37NS2/c1-2-3-4-5-6-7-8-9-10-11-12-13-14-15-16-17-19-18(20)21/h2-17H2,1H3,(H2,19,20,21). The maximum absolute atomic E-state index is 4.85. The van der Waals surface area contributed by atoms with Crippen molar-refractivity contribution in [2.75, 3.05) is 6.54 Å². The molecule has 21 heavy (non-hydrogen) atoms. The molecule has 0 unspecified atom stereocenters. The highest BCUT2D eigenvalue weighted by Crippen LogP contribution is 2.13. The lowest BCUT2D eigenvalue weighted by Gasteiger charge is -2.04. The summed E-state index contributed by atoms with van der Waals surface area (Å²) in [5.74, 6) is 0. The van der Waals surface area contributed by atoms with Crippen LogP contribution in [0.15, 0.2) is 0 Å². The molecule has 0 saturated carbocycles. The van der Waals surface area contributed by atoms with Crippen molar-refractivity contribution in [1.29, 1.82) is 0 Å². The Kier molecular flexibility index (Phi) is 18.5. The Labute approximate surface area is 144 Å². The molecule has 1 nitrogen and oxygen atoms in total. The predicted octanol–water partition coefficient (Wildman–Crippen LogP) is 6.66. The fourth-order valence-corrected chi connectivity index (χ4v) is 2.91. The van der Waals surface area contributed by atoms with Crippen LogP contribution >= 0.6 is 24.8 Å². The smallest absolute Gasteiger partial charge is 0.130 e. The van der Waals surface area contributed by atoms with E-state index in [1.54, 1.807) is 0 Å². The predicted molar refractivity (Wildman–Crippen MR) is 105 cm³/mol. The quantitative estimate of drug-likeness (QED) is 0.186. The molecule has 0 heterocycles. The van der Waals surface area contributed by atoms with Crippen LogP contribution in [-0.2, 0) is 0 Å². The lowest BCUT2D eigenvalue weighted by Crippen LogP contribution is -2.17. The highest BCUT2D eigenvalue weighted by molar-refractivity contribution is 8.11. The Morgan fingerprint density at radius 2 is 1.00 bits per heavy atom. The molecule has 0 saturated heterocycles. The number of thiol groups is 1. The Morgan fingerprint density at radius 1 is 0.667 bits per heavy atom. The van der Waals surface area contributed by atoms with Gasteiger partial charge in [0.25, 0.3) is 0 Å². The Hall–Kier alpha value is 0.240. The molecule has 0 radical (unpaired) electrons. The van der Waals surface area contributed by atoms with E-state index in [0.717, 1.165) is 6.54 Å². The monoisotopic (exact) mass is 331 g/mol. The summed E-state index contributed by atoms with van der Waals surface area (Å²) in [7, 11) is 0. The molecule has 1 N–H and O–H groups in total. The van der Waals surface area contributed by atoms with Crippen molar-refractivity contribution in [1.82, 2.24) is 5.32 Å². The summed E-state index contributed by atoms with van der Waals surface area (Å²) >= 11 is 8.90. The van der Waals surface area contributed by atoms with Gasteiger partial charge in [-0.3, -0.25) is 0 Å². The van der Waals surface area contributed by atoms with Crippen LogP contribution in [0.5, 0.6) is 0 Å². The summed E-state index contributed by atoms with van der Waals surface area (Å²) in [6.07, 6.45) is 21.2. The SMILES string of the molecule is CCCCCCCCCCCCCCCCCNC(=S)S. The van der Waals surface area contributed by atoms with E-state index in [2.05, 4.69) is 24.9 Å². The van der Waals surface area contributed by atoms with Crippen LogP contribution in [0.2, 0.25) is 0 Å². The first kappa shape index (κ1) is 21.2. The van der Waals surface area contributed by atoms with E-state index >= 15 is 0 Å². The summed E-state index contributed by atoms with van der Waals surface area (Å²) in [6.45, 7) is 3.27. The van der Waals surface area contributed by atoms with E-state index in [-0.39, 0.29) is 0 Å². The second-order valence-electron chi connectivity index (χ2n) is 6.18. The highest BCUT2D eigenvalue weighted by atomic mass is 32.1. The second-order valence-corrected chi connectivity index (χ2v) is 7.34. The third kappa shape index (κ3) is 20.2. The fraction of sp³-hybridized carbons (Fsp3) is 0.944. The Bertz CT molecular complexity index is 219. The highest BCUT2D eigenvalue weighted by Gasteiger charge is 1.94. The van der Waals surface area contributed by atoms with Gasteiger partial charge in [0, 0.05) is 6.54 Å². The minimum Gasteiger partial charge on any atom is -0.371 e. The summed E-state index contributed by atoms with van der Waals surface area (Å²) in [6, 6.07) is 0. The van der Waals surface area contributed by atoms with E-state index in [1.807, 2.05) is 0 Å². The van der Waals surface area contributed by atoms with Crippen molar-refractivity contribution in [2.24, 2.45) is 0 Å². The zero-order valence-electron chi connectivity index (χ0n) is 14.2. The van der Waals surface area contributed by atoms with Gasteiger partial charge < -0.3 is 5.32 Å². The number of unbranched alkanes of at least 4 members (excludes halogenated alkanes) is 14. The van der Waals surface area contributed by atoms with Crippen molar-refractivity contribution in [2.45, 2.75) is 103 Å². The third-order valence-corrected chi connectivity index (χ3v) is 4.36. The molecule has 3 heteroatoms. The zero-order valence-corrected chi connectivity index (χ0v) is 15.9. The van der Waals surface area contributed by atoms with Gasteiger partial charge in [0.05, 0.1) is 0 Å². The van der Waals surface area contributed by atoms with Gasteiger partial charge in [-0.05, 0) is 6.42 Å². The maximum Gasteiger partial charge on any atom is 0.130 e. The lowest BCUT2D eigenvalue weighted by atomic mass is 10.0. The Balaban J connectivity index is 2.95. The van der Waals surface area contributed by atoms with Crippen LogP contribution in [0.1, 0.15) is 103 Å². The maximum atomic E-state index is 4.85. The van der Waals surface area contributed by atoms with Gasteiger partial charge in [-0.25, -0.2) is 0 Å². The zero-order chi connectivity index (χ0) is 15.6. The van der Waals surface area contributed by atoms with Crippen LogP contribution in [-0.4, -0.2) is 10.9 Å². The van der Waals surface area contributed by atoms with E-state index in [0.29, 0.717) is 4.32 Å². The molecule has 0 bridgehead atoms. The molecule has 0 spiro atoms. The largest absolute Gasteiger partial charge is 0.371 e. The Morgan fingerprint density at radius 3 is 1.33 bits per heavy atom. The van der Waals surface area contributed by atoms with Gasteiger partial charge in [0.2, 0.25) is 0 Å². The van der Waals surface area contributed by atoms with Crippen molar-refractivity contribution < 1.29 is 0 Å². The number of rotatable bonds is 16. The van der Waals surface area contributed by atoms with Crippen molar-refractivity contribution >= 4 is 29.2 Å². The van der Waals surface area contributed by atoms with Crippen molar-refractivity contribution in [3.63, 3.8) is 0 Å². The van der Waals surface area contributed by atoms with Gasteiger partial charge in [-0.1, -0.05) is 109 Å². The minimum atomic E-state index is 0.625. The summed E-state index contributed by atoms with van der Waals surface area (Å²) < 4.78 is 0.625. The first-order chi connectivity index (χ1) is 10.3. The van der Waals surface area contributed by atoms with Crippen molar-refractivity contribution in [3.05, 3.63) is 0 Å². The first-order valence-corrected chi connectivity index (χ1v) is 10.1. The fourth-order valence-electron chi connectivity index (χ4n) is 2.69. The van der Waals surface area contributed by atoms with Crippen LogP contribution in [0.25, 0.3) is 0 Å². The van der Waals surface area contributed by atoms with Crippen LogP contribution in [0.4, 0.5) is 0 Å². The summed E-state index contributed by atoms with van der Waals surface area (Å²) in [4.78, 5) is 0. The molecular weight excluding hydrogens is 294 g/mol.